The highest BCUT2D eigenvalue weighted by molar-refractivity contribution is 5.84. The summed E-state index contributed by atoms with van der Waals surface area (Å²) >= 11 is 0. The number of hydrogen-bond donors (Lipinski definition) is 2. The maximum absolute atomic E-state index is 11.5. The van der Waals surface area contributed by atoms with Crippen LogP contribution in [0.3, 0.4) is 0 Å². The minimum atomic E-state index is -0.606. The van der Waals surface area contributed by atoms with Gasteiger partial charge in [-0.1, -0.05) is 6.92 Å². The second-order valence-electron chi connectivity index (χ2n) is 5.02. The maximum Gasteiger partial charge on any atom is 0.237 e. The lowest BCUT2D eigenvalue weighted by molar-refractivity contribution is -0.124. The fourth-order valence-corrected chi connectivity index (χ4v) is 1.70. The predicted molar refractivity (Wildman–Crippen MR) is 74.5 cm³/mol. The highest BCUT2D eigenvalue weighted by Crippen LogP contribution is 2.10. The predicted octanol–water partition coefficient (Wildman–Crippen LogP) is 0.588. The molecule has 0 aromatic carbocycles. The van der Waals surface area contributed by atoms with E-state index in [1.165, 1.54) is 0 Å². The van der Waals surface area contributed by atoms with Crippen LogP contribution >= 0.6 is 0 Å². The molecule has 0 saturated heterocycles. The first-order valence-corrected chi connectivity index (χ1v) is 6.68. The number of nitrogens with one attached hydrogen (secondary N) is 1. The van der Waals surface area contributed by atoms with Crippen LogP contribution in [0.1, 0.15) is 33.1 Å². The van der Waals surface area contributed by atoms with E-state index in [0.29, 0.717) is 0 Å². The molecule has 1 atom stereocenters. The molecule has 18 heavy (non-hydrogen) atoms. The molecule has 5 heteroatoms. The third kappa shape index (κ3) is 6.93. The molecule has 0 aromatic rings. The van der Waals surface area contributed by atoms with Gasteiger partial charge in [0.2, 0.25) is 5.91 Å². The van der Waals surface area contributed by atoms with E-state index in [2.05, 4.69) is 24.2 Å². The van der Waals surface area contributed by atoms with Gasteiger partial charge in [-0.05, 0) is 39.8 Å². The standard InChI is InChI=1S/C13H29N3O2/c1-5-8-15-13(2,12(14)17)7-10-16(3)9-6-11-18-4/h15H,5-11H2,1-4H3,(H2,14,17). The van der Waals surface area contributed by atoms with Gasteiger partial charge in [0.05, 0.1) is 5.54 Å². The summed E-state index contributed by atoms with van der Waals surface area (Å²) in [5, 5.41) is 3.24. The zero-order valence-corrected chi connectivity index (χ0v) is 12.3. The van der Waals surface area contributed by atoms with Gasteiger partial charge in [-0.15, -0.1) is 0 Å². The second-order valence-corrected chi connectivity index (χ2v) is 5.02. The fraction of sp³-hybridized carbons (Fsp3) is 0.923. The number of carbonyl (C=O) groups is 1. The smallest absolute Gasteiger partial charge is 0.237 e. The van der Waals surface area contributed by atoms with Gasteiger partial charge in [0.25, 0.3) is 0 Å². The minimum Gasteiger partial charge on any atom is -0.385 e. The average Bonchev–Trinajstić information content (AvgIpc) is 2.34. The van der Waals surface area contributed by atoms with E-state index in [9.17, 15) is 4.79 Å². The molecular formula is C13H29N3O2. The lowest BCUT2D eigenvalue weighted by Crippen LogP contribution is -2.54. The van der Waals surface area contributed by atoms with Gasteiger partial charge in [0.15, 0.2) is 0 Å². The number of rotatable bonds is 11. The number of nitrogens with two attached hydrogens (primary N) is 1. The van der Waals surface area contributed by atoms with Gasteiger partial charge in [0, 0.05) is 26.8 Å². The Morgan fingerprint density at radius 3 is 2.61 bits per heavy atom. The van der Waals surface area contributed by atoms with E-state index in [4.69, 9.17) is 10.5 Å². The molecule has 0 aliphatic heterocycles. The third-order valence-corrected chi connectivity index (χ3v) is 3.19. The summed E-state index contributed by atoms with van der Waals surface area (Å²) in [7, 11) is 3.76. The van der Waals surface area contributed by atoms with Crippen molar-refractivity contribution < 1.29 is 9.53 Å². The van der Waals surface area contributed by atoms with Crippen molar-refractivity contribution in [3.63, 3.8) is 0 Å². The van der Waals surface area contributed by atoms with Crippen molar-refractivity contribution in [1.82, 2.24) is 10.2 Å². The molecule has 108 valence electrons. The van der Waals surface area contributed by atoms with Crippen molar-refractivity contribution in [2.24, 2.45) is 5.73 Å². The molecule has 0 aliphatic carbocycles. The molecule has 0 aromatic heterocycles. The van der Waals surface area contributed by atoms with E-state index < -0.39 is 5.54 Å². The molecule has 5 nitrogen and oxygen atoms in total. The van der Waals surface area contributed by atoms with Crippen LogP contribution in [-0.2, 0) is 9.53 Å². The molecule has 3 N–H and O–H groups in total. The SMILES string of the molecule is CCCNC(C)(CCN(C)CCCOC)C(N)=O. The number of hydrogen-bond acceptors (Lipinski definition) is 4. The van der Waals surface area contributed by atoms with Crippen LogP contribution in [0, 0.1) is 0 Å². The van der Waals surface area contributed by atoms with Crippen LogP contribution in [0.15, 0.2) is 0 Å². The summed E-state index contributed by atoms with van der Waals surface area (Å²) in [5.74, 6) is -0.277. The van der Waals surface area contributed by atoms with E-state index in [-0.39, 0.29) is 5.91 Å². The van der Waals surface area contributed by atoms with Crippen molar-refractivity contribution in [2.45, 2.75) is 38.6 Å². The Labute approximate surface area is 111 Å². The van der Waals surface area contributed by atoms with Gasteiger partial charge in [0.1, 0.15) is 0 Å². The Morgan fingerprint density at radius 2 is 2.11 bits per heavy atom. The summed E-state index contributed by atoms with van der Waals surface area (Å²) in [6.45, 7) is 7.36. The zero-order chi connectivity index (χ0) is 14.0. The van der Waals surface area contributed by atoms with Crippen LogP contribution in [0.5, 0.6) is 0 Å². The summed E-state index contributed by atoms with van der Waals surface area (Å²) in [6, 6.07) is 0. The Hall–Kier alpha value is -0.650. The first-order chi connectivity index (χ1) is 8.46. The monoisotopic (exact) mass is 259 g/mol. The van der Waals surface area contributed by atoms with Crippen LogP contribution in [0.25, 0.3) is 0 Å². The highest BCUT2D eigenvalue weighted by atomic mass is 16.5. The minimum absolute atomic E-state index is 0.277. The first-order valence-electron chi connectivity index (χ1n) is 6.68. The van der Waals surface area contributed by atoms with Crippen molar-refractivity contribution in [2.75, 3.05) is 40.4 Å². The van der Waals surface area contributed by atoms with Crippen LogP contribution in [0.2, 0.25) is 0 Å². The third-order valence-electron chi connectivity index (χ3n) is 3.19. The van der Waals surface area contributed by atoms with Crippen molar-refractivity contribution in [1.29, 1.82) is 0 Å². The number of methoxy groups -OCH3 is 1. The van der Waals surface area contributed by atoms with Gasteiger partial charge in [-0.2, -0.15) is 0 Å². The molecule has 1 amide bonds. The molecule has 0 aliphatic rings. The Balaban J connectivity index is 4.06. The van der Waals surface area contributed by atoms with Crippen molar-refractivity contribution in [3.8, 4) is 0 Å². The fourth-order valence-electron chi connectivity index (χ4n) is 1.70. The van der Waals surface area contributed by atoms with E-state index >= 15 is 0 Å². The Kier molecular flexibility index (Phi) is 8.97. The largest absolute Gasteiger partial charge is 0.385 e. The average molecular weight is 259 g/mol. The quantitative estimate of drug-likeness (QED) is 0.533. The molecule has 0 saturated carbocycles. The van der Waals surface area contributed by atoms with Crippen LogP contribution < -0.4 is 11.1 Å². The van der Waals surface area contributed by atoms with Crippen molar-refractivity contribution in [3.05, 3.63) is 0 Å². The molecule has 1 unspecified atom stereocenters. The normalized spacial score (nSPS) is 14.7. The summed E-state index contributed by atoms with van der Waals surface area (Å²) in [4.78, 5) is 13.7. The van der Waals surface area contributed by atoms with Gasteiger partial charge >= 0.3 is 0 Å². The molecular weight excluding hydrogens is 230 g/mol. The number of carbonyl (C=O) groups excluding carboxylic acids is 1. The molecule has 0 spiro atoms. The van der Waals surface area contributed by atoms with E-state index in [1.54, 1.807) is 7.11 Å². The second kappa shape index (κ2) is 9.30. The number of amides is 1. The summed E-state index contributed by atoms with van der Waals surface area (Å²) in [5.41, 5.74) is 4.87. The zero-order valence-electron chi connectivity index (χ0n) is 12.3. The number of nitrogens with zero attached hydrogens (tertiary/aromatic N) is 1. The molecule has 0 bridgehead atoms. The highest BCUT2D eigenvalue weighted by Gasteiger charge is 2.29. The lowest BCUT2D eigenvalue weighted by atomic mass is 9.96. The van der Waals surface area contributed by atoms with E-state index in [1.807, 2.05) is 6.92 Å². The molecule has 0 radical (unpaired) electrons. The molecule has 0 heterocycles. The van der Waals surface area contributed by atoms with Crippen LogP contribution in [0.4, 0.5) is 0 Å². The van der Waals surface area contributed by atoms with E-state index in [0.717, 1.165) is 45.5 Å². The Morgan fingerprint density at radius 1 is 1.44 bits per heavy atom. The lowest BCUT2D eigenvalue weighted by Gasteiger charge is -2.29. The number of primary amides is 1. The van der Waals surface area contributed by atoms with Gasteiger partial charge in [-0.25, -0.2) is 0 Å². The number of ether oxygens (including phenoxy) is 1. The summed E-state index contributed by atoms with van der Waals surface area (Å²) in [6.07, 6.45) is 2.72. The topological polar surface area (TPSA) is 67.6 Å². The molecule has 0 fully saturated rings. The maximum atomic E-state index is 11.5. The first kappa shape index (κ1) is 17.4. The van der Waals surface area contributed by atoms with Crippen molar-refractivity contribution >= 4 is 5.91 Å². The van der Waals surface area contributed by atoms with Crippen LogP contribution in [-0.4, -0.2) is 56.7 Å². The van der Waals surface area contributed by atoms with Gasteiger partial charge < -0.3 is 20.7 Å². The summed E-state index contributed by atoms with van der Waals surface area (Å²) < 4.78 is 5.02. The van der Waals surface area contributed by atoms with Gasteiger partial charge in [-0.3, -0.25) is 4.79 Å². The Bertz CT molecular complexity index is 236. The molecule has 0 rings (SSSR count).